The van der Waals surface area contributed by atoms with Crippen LogP contribution in [0.4, 0.5) is 4.39 Å². The Bertz CT molecular complexity index is 2560. The van der Waals surface area contributed by atoms with Crippen molar-refractivity contribution >= 4 is 138 Å². The van der Waals surface area contributed by atoms with Gasteiger partial charge in [-0.2, -0.15) is 0 Å². The molecule has 0 N–H and O–H groups in total. The Balaban J connectivity index is 0.000000525. The number of allylic oxidation sites excluding steroid dienone is 2. The van der Waals surface area contributed by atoms with E-state index in [4.69, 9.17) is 0 Å². The summed E-state index contributed by atoms with van der Waals surface area (Å²) in [5, 5.41) is 12.6. The molecule has 0 bridgehead atoms. The number of halogens is 1. The van der Waals surface area contributed by atoms with Crippen LogP contribution in [0.3, 0.4) is 0 Å². The van der Waals surface area contributed by atoms with E-state index < -0.39 is 5.83 Å². The zero-order valence-electron chi connectivity index (χ0n) is 23.6. The monoisotopic (exact) mass is 688 g/mol. The molecule has 0 nitrogen and oxygen atoms in total. The first-order valence-corrected chi connectivity index (χ1v) is 19.2. The van der Waals surface area contributed by atoms with Crippen molar-refractivity contribution < 1.29 is 4.39 Å². The third-order valence-corrected chi connectivity index (χ3v) is 14.9. The van der Waals surface area contributed by atoms with Gasteiger partial charge in [-0.05, 0) is 87.3 Å². The molecule has 7 heteroatoms. The van der Waals surface area contributed by atoms with Gasteiger partial charge in [0.2, 0.25) is 0 Å². The van der Waals surface area contributed by atoms with Crippen molar-refractivity contribution in [2.45, 2.75) is 0 Å². The van der Waals surface area contributed by atoms with Crippen LogP contribution in [-0.2, 0) is 0 Å². The third kappa shape index (κ3) is 4.53. The highest BCUT2D eigenvalue weighted by atomic mass is 32.1. The van der Waals surface area contributed by atoms with Crippen LogP contribution in [0.2, 0.25) is 0 Å². The topological polar surface area (TPSA) is 0 Å². The van der Waals surface area contributed by atoms with Gasteiger partial charge in [0.25, 0.3) is 0 Å². The minimum atomic E-state index is -0.481. The van der Waals surface area contributed by atoms with Crippen molar-refractivity contribution in [3.05, 3.63) is 121 Å². The molecule has 0 aliphatic heterocycles. The van der Waals surface area contributed by atoms with Crippen LogP contribution in [0.15, 0.2) is 121 Å². The van der Waals surface area contributed by atoms with Gasteiger partial charge in [0.15, 0.2) is 0 Å². The smallest absolute Gasteiger partial charge is 0.115 e. The molecule has 10 rings (SSSR count). The van der Waals surface area contributed by atoms with Crippen LogP contribution in [0.5, 0.6) is 0 Å². The Labute approximate surface area is 281 Å². The van der Waals surface area contributed by atoms with Crippen LogP contribution in [0.25, 0.3) is 90.8 Å². The molecule has 10 aromatic rings. The summed E-state index contributed by atoms with van der Waals surface area (Å²) in [5.41, 5.74) is 2.64. The number of hydrogen-bond donors (Lipinski definition) is 0. The Morgan fingerprint density at radius 2 is 0.933 bits per heavy atom. The molecule has 0 spiro atoms. The molecule has 0 saturated heterocycles. The first kappa shape index (κ1) is 27.6. The predicted octanol–water partition coefficient (Wildman–Crippen LogP) is 15.1. The Kier molecular flexibility index (Phi) is 6.56. The molecular formula is C38H21FS6. The van der Waals surface area contributed by atoms with Gasteiger partial charge < -0.3 is 0 Å². The number of thiophene rings is 6. The zero-order valence-corrected chi connectivity index (χ0v) is 28.5. The van der Waals surface area contributed by atoms with E-state index in [2.05, 4.69) is 109 Å². The number of hydrogen-bond acceptors (Lipinski definition) is 6. The van der Waals surface area contributed by atoms with Crippen LogP contribution in [0, 0.1) is 0 Å². The SMILES string of the molecule is C=CC(=C)F.c1csc(-c2ccc3c(c2)sc2c4cc5cc6sc7c8ccc(-c9cccs9)cc8sc7c6cc5cc4sc32)c1. The lowest BCUT2D eigenvalue weighted by Crippen LogP contribution is -1.73. The molecule has 6 heterocycles. The van der Waals surface area contributed by atoms with Crippen LogP contribution in [0.1, 0.15) is 0 Å². The maximum absolute atomic E-state index is 11.1. The summed E-state index contributed by atoms with van der Waals surface area (Å²) in [6.45, 7) is 5.97. The molecule has 0 atom stereocenters. The number of fused-ring (bicyclic) bond motifs is 11. The van der Waals surface area contributed by atoms with Gasteiger partial charge in [-0.15, -0.1) is 68.0 Å². The Hall–Kier alpha value is -3.69. The normalized spacial score (nSPS) is 11.8. The van der Waals surface area contributed by atoms with E-state index in [0.717, 1.165) is 6.08 Å². The molecule has 6 aromatic heterocycles. The summed E-state index contributed by atoms with van der Waals surface area (Å²) in [4.78, 5) is 2.68. The van der Waals surface area contributed by atoms with E-state index in [1.807, 2.05) is 68.0 Å². The zero-order chi connectivity index (χ0) is 30.2. The van der Waals surface area contributed by atoms with Gasteiger partial charge in [-0.3, -0.25) is 0 Å². The second kappa shape index (κ2) is 10.7. The number of benzene rings is 4. The summed E-state index contributed by atoms with van der Waals surface area (Å²) in [6, 6.07) is 32.4. The fourth-order valence-electron chi connectivity index (χ4n) is 5.95. The molecule has 0 radical (unpaired) electrons. The fraction of sp³-hybridized carbons (Fsp3) is 0. The standard InChI is InChI=1S/C34H16S6.C4H5F/c1-3-25(35-9-1)17-5-7-21-27(13-17)37-33-23-11-19-16-30-24(12-20(19)15-29(23)39-31(21)33)34-32(40-30)22-8-6-18(14-28(22)38-34)26-4-2-10-36-26;1-3-4(2)5/h1-16H;3H,1-2H2. The van der Waals surface area contributed by atoms with Crippen molar-refractivity contribution in [3.63, 3.8) is 0 Å². The first-order valence-electron chi connectivity index (χ1n) is 14.2. The summed E-state index contributed by atoms with van der Waals surface area (Å²) >= 11 is 11.4. The molecule has 0 saturated carbocycles. The quantitative estimate of drug-likeness (QED) is 0.162. The average Bonchev–Trinajstić information content (AvgIpc) is 3.89. The maximum atomic E-state index is 11.1. The number of rotatable bonds is 3. The summed E-state index contributed by atoms with van der Waals surface area (Å²) < 4.78 is 22.4. The van der Waals surface area contributed by atoms with Gasteiger partial charge >= 0.3 is 0 Å². The van der Waals surface area contributed by atoms with Crippen molar-refractivity contribution in [1.82, 2.24) is 0 Å². The van der Waals surface area contributed by atoms with Gasteiger partial charge in [0.05, 0.1) is 18.8 Å². The van der Waals surface area contributed by atoms with Crippen LogP contribution in [-0.4, -0.2) is 0 Å². The predicted molar refractivity (Wildman–Crippen MR) is 208 cm³/mol. The summed E-state index contributed by atoms with van der Waals surface area (Å²) in [7, 11) is 0. The summed E-state index contributed by atoms with van der Waals surface area (Å²) in [5.74, 6) is -0.481. The lowest BCUT2D eigenvalue weighted by Gasteiger charge is -2.01. The molecule has 45 heavy (non-hydrogen) atoms. The van der Waals surface area contributed by atoms with Crippen molar-refractivity contribution in [3.8, 4) is 20.9 Å². The minimum Gasteiger partial charge on any atom is -0.208 e. The second-order valence-electron chi connectivity index (χ2n) is 10.8. The van der Waals surface area contributed by atoms with E-state index in [-0.39, 0.29) is 0 Å². The van der Waals surface area contributed by atoms with Gasteiger partial charge in [-0.1, -0.05) is 49.6 Å². The molecule has 4 aromatic carbocycles. The van der Waals surface area contributed by atoms with E-state index >= 15 is 0 Å². The molecule has 0 fully saturated rings. The molecule has 0 aliphatic rings. The average molecular weight is 689 g/mol. The lowest BCUT2D eigenvalue weighted by atomic mass is 10.1. The van der Waals surface area contributed by atoms with E-state index in [1.165, 1.54) is 90.8 Å². The Morgan fingerprint density at radius 3 is 1.31 bits per heavy atom. The van der Waals surface area contributed by atoms with Crippen LogP contribution >= 0.6 is 68.0 Å². The molecule has 216 valence electrons. The maximum Gasteiger partial charge on any atom is 0.115 e. The van der Waals surface area contributed by atoms with E-state index in [1.54, 1.807) is 0 Å². The van der Waals surface area contributed by atoms with Crippen molar-refractivity contribution in [2.24, 2.45) is 0 Å². The lowest BCUT2D eigenvalue weighted by molar-refractivity contribution is 0.672. The highest BCUT2D eigenvalue weighted by Gasteiger charge is 2.17. The largest absolute Gasteiger partial charge is 0.208 e. The molecule has 0 amide bonds. The minimum absolute atomic E-state index is 0.481. The Morgan fingerprint density at radius 1 is 0.533 bits per heavy atom. The van der Waals surface area contributed by atoms with E-state index in [9.17, 15) is 4.39 Å². The fourth-order valence-corrected chi connectivity index (χ4v) is 12.8. The van der Waals surface area contributed by atoms with Gasteiger partial charge in [0.1, 0.15) is 5.83 Å². The van der Waals surface area contributed by atoms with Crippen LogP contribution < -0.4 is 0 Å². The summed E-state index contributed by atoms with van der Waals surface area (Å²) in [6.07, 6.45) is 1.06. The molecule has 0 unspecified atom stereocenters. The van der Waals surface area contributed by atoms with Gasteiger partial charge in [-0.25, -0.2) is 4.39 Å². The third-order valence-electron chi connectivity index (χ3n) is 8.07. The molecular weight excluding hydrogens is 668 g/mol. The second-order valence-corrected chi connectivity index (χ2v) is 16.9. The molecule has 0 aliphatic carbocycles. The van der Waals surface area contributed by atoms with Crippen molar-refractivity contribution in [1.29, 1.82) is 0 Å². The first-order chi connectivity index (χ1) is 22.0. The van der Waals surface area contributed by atoms with E-state index in [0.29, 0.717) is 0 Å². The highest BCUT2D eigenvalue weighted by Crippen LogP contribution is 2.49. The highest BCUT2D eigenvalue weighted by molar-refractivity contribution is 7.37. The van der Waals surface area contributed by atoms with Gasteiger partial charge in [0, 0.05) is 50.1 Å². The van der Waals surface area contributed by atoms with Crippen molar-refractivity contribution in [2.75, 3.05) is 0 Å².